The van der Waals surface area contributed by atoms with Crippen LogP contribution in [0, 0.1) is 20.8 Å². The van der Waals surface area contributed by atoms with E-state index < -0.39 is 0 Å². The molecular formula is C19H15N3O. The molecule has 0 amide bonds. The molecule has 0 aliphatic rings. The van der Waals surface area contributed by atoms with E-state index in [4.69, 9.17) is 9.40 Å². The number of nitrogens with zero attached hydrogens (tertiary/aromatic N) is 2. The fourth-order valence-corrected chi connectivity index (χ4v) is 3.75. The van der Waals surface area contributed by atoms with Gasteiger partial charge < -0.3 is 9.40 Å². The molecule has 4 heteroatoms. The van der Waals surface area contributed by atoms with E-state index in [2.05, 4.69) is 42.9 Å². The molecule has 2 aromatic carbocycles. The van der Waals surface area contributed by atoms with Crippen molar-refractivity contribution in [2.45, 2.75) is 20.8 Å². The van der Waals surface area contributed by atoms with Crippen LogP contribution in [-0.4, -0.2) is 15.0 Å². The van der Waals surface area contributed by atoms with Gasteiger partial charge in [-0.05, 0) is 56.0 Å². The standard InChI is InChI=1S/C19H15N3O/c1-9-6-12-7-10(2)21-11(3)15(12)17-16-13(22-18(9)17)4-5-14-19(16)20-8-23-14/h4-8,21H,1-3H3. The first-order valence-corrected chi connectivity index (χ1v) is 7.68. The smallest absolute Gasteiger partial charge is 0.182 e. The van der Waals surface area contributed by atoms with Crippen LogP contribution in [0.3, 0.4) is 0 Å². The zero-order valence-electron chi connectivity index (χ0n) is 13.2. The highest BCUT2D eigenvalue weighted by molar-refractivity contribution is 6.27. The molecule has 5 rings (SSSR count). The Kier molecular flexibility index (Phi) is 2.25. The van der Waals surface area contributed by atoms with Crippen molar-refractivity contribution in [1.29, 1.82) is 0 Å². The molecule has 3 heterocycles. The fourth-order valence-electron chi connectivity index (χ4n) is 3.75. The van der Waals surface area contributed by atoms with Gasteiger partial charge in [-0.1, -0.05) is 0 Å². The summed E-state index contributed by atoms with van der Waals surface area (Å²) in [6, 6.07) is 8.37. The Bertz CT molecular complexity index is 1240. The van der Waals surface area contributed by atoms with Gasteiger partial charge in [0.05, 0.1) is 11.0 Å². The average Bonchev–Trinajstić information content (AvgIpc) is 3.09. The number of aromatic amines is 1. The number of hydrogen-bond acceptors (Lipinski definition) is 3. The number of oxazole rings is 1. The van der Waals surface area contributed by atoms with E-state index in [-0.39, 0.29) is 0 Å². The molecule has 0 atom stereocenters. The van der Waals surface area contributed by atoms with Crippen molar-refractivity contribution in [3.8, 4) is 0 Å². The van der Waals surface area contributed by atoms with Gasteiger partial charge in [-0.25, -0.2) is 9.97 Å². The van der Waals surface area contributed by atoms with Crippen molar-refractivity contribution >= 4 is 43.7 Å². The highest BCUT2D eigenvalue weighted by Crippen LogP contribution is 2.38. The van der Waals surface area contributed by atoms with E-state index >= 15 is 0 Å². The zero-order chi connectivity index (χ0) is 15.7. The third-order valence-electron chi connectivity index (χ3n) is 4.62. The summed E-state index contributed by atoms with van der Waals surface area (Å²) in [5.41, 5.74) is 7.20. The van der Waals surface area contributed by atoms with E-state index in [1.165, 1.54) is 28.1 Å². The second kappa shape index (κ2) is 4.10. The van der Waals surface area contributed by atoms with Gasteiger partial charge in [0.15, 0.2) is 12.0 Å². The van der Waals surface area contributed by atoms with E-state index in [1.54, 1.807) is 0 Å². The summed E-state index contributed by atoms with van der Waals surface area (Å²) in [5.74, 6) is 0. The minimum Gasteiger partial charge on any atom is -0.443 e. The monoisotopic (exact) mass is 301 g/mol. The predicted octanol–water partition coefficient (Wildman–Crippen LogP) is 4.94. The molecular weight excluding hydrogens is 286 g/mol. The van der Waals surface area contributed by atoms with Gasteiger partial charge >= 0.3 is 0 Å². The van der Waals surface area contributed by atoms with E-state index in [0.29, 0.717) is 0 Å². The van der Waals surface area contributed by atoms with E-state index in [1.807, 2.05) is 12.1 Å². The summed E-state index contributed by atoms with van der Waals surface area (Å²) in [6.07, 6.45) is 1.50. The minimum atomic E-state index is 0.801. The maximum Gasteiger partial charge on any atom is 0.182 e. The number of H-pyrrole nitrogens is 1. The molecule has 3 aromatic heterocycles. The topological polar surface area (TPSA) is 54.7 Å². The number of benzene rings is 2. The highest BCUT2D eigenvalue weighted by Gasteiger charge is 2.17. The summed E-state index contributed by atoms with van der Waals surface area (Å²) < 4.78 is 5.49. The minimum absolute atomic E-state index is 0.801. The first-order valence-electron chi connectivity index (χ1n) is 7.68. The molecule has 0 bridgehead atoms. The predicted molar refractivity (Wildman–Crippen MR) is 92.9 cm³/mol. The van der Waals surface area contributed by atoms with Crippen molar-refractivity contribution in [3.05, 3.63) is 47.6 Å². The van der Waals surface area contributed by atoms with Crippen LogP contribution >= 0.6 is 0 Å². The van der Waals surface area contributed by atoms with Gasteiger partial charge in [0, 0.05) is 27.5 Å². The highest BCUT2D eigenvalue weighted by atomic mass is 16.3. The lowest BCUT2D eigenvalue weighted by atomic mass is 9.99. The van der Waals surface area contributed by atoms with Crippen molar-refractivity contribution in [2.24, 2.45) is 0 Å². The van der Waals surface area contributed by atoms with Crippen LogP contribution in [-0.2, 0) is 0 Å². The van der Waals surface area contributed by atoms with Gasteiger partial charge in [0.2, 0.25) is 0 Å². The second-order valence-electron chi connectivity index (χ2n) is 6.23. The van der Waals surface area contributed by atoms with Crippen molar-refractivity contribution < 1.29 is 4.42 Å². The number of rotatable bonds is 0. The Morgan fingerprint density at radius 2 is 1.83 bits per heavy atom. The Balaban J connectivity index is 2.20. The molecule has 0 radical (unpaired) electrons. The molecule has 4 nitrogen and oxygen atoms in total. The largest absolute Gasteiger partial charge is 0.443 e. The fraction of sp³-hybridized carbons (Fsp3) is 0.158. The summed E-state index contributed by atoms with van der Waals surface area (Å²) in [6.45, 7) is 6.32. The average molecular weight is 301 g/mol. The van der Waals surface area contributed by atoms with Crippen LogP contribution in [0.4, 0.5) is 0 Å². The zero-order valence-corrected chi connectivity index (χ0v) is 13.2. The number of fused-ring (bicyclic) bond motifs is 7. The third-order valence-corrected chi connectivity index (χ3v) is 4.62. The summed E-state index contributed by atoms with van der Waals surface area (Å²) in [5, 5.41) is 4.70. The van der Waals surface area contributed by atoms with E-state index in [0.717, 1.165) is 38.9 Å². The molecule has 5 aromatic rings. The van der Waals surface area contributed by atoms with Gasteiger partial charge in [-0.2, -0.15) is 0 Å². The molecule has 0 saturated carbocycles. The molecule has 0 spiro atoms. The van der Waals surface area contributed by atoms with Crippen molar-refractivity contribution in [2.75, 3.05) is 0 Å². The number of aryl methyl sites for hydroxylation is 3. The van der Waals surface area contributed by atoms with Gasteiger partial charge in [-0.3, -0.25) is 0 Å². The van der Waals surface area contributed by atoms with Crippen molar-refractivity contribution in [1.82, 2.24) is 15.0 Å². The summed E-state index contributed by atoms with van der Waals surface area (Å²) in [7, 11) is 0. The number of pyridine rings is 1. The van der Waals surface area contributed by atoms with E-state index in [9.17, 15) is 0 Å². The Hall–Kier alpha value is -2.88. The first-order chi connectivity index (χ1) is 11.1. The quantitative estimate of drug-likeness (QED) is 0.441. The molecule has 112 valence electrons. The van der Waals surface area contributed by atoms with Gasteiger partial charge in [0.25, 0.3) is 0 Å². The molecule has 0 unspecified atom stereocenters. The maximum absolute atomic E-state index is 5.49. The lowest BCUT2D eigenvalue weighted by molar-refractivity contribution is 0.602. The van der Waals surface area contributed by atoms with Crippen LogP contribution in [0.2, 0.25) is 0 Å². The number of hydrogen-bond donors (Lipinski definition) is 1. The van der Waals surface area contributed by atoms with Gasteiger partial charge in [0.1, 0.15) is 5.52 Å². The molecule has 0 fully saturated rings. The summed E-state index contributed by atoms with van der Waals surface area (Å²) >= 11 is 0. The van der Waals surface area contributed by atoms with Crippen LogP contribution < -0.4 is 0 Å². The van der Waals surface area contributed by atoms with Crippen LogP contribution in [0.1, 0.15) is 17.0 Å². The Morgan fingerprint density at radius 1 is 0.957 bits per heavy atom. The van der Waals surface area contributed by atoms with Crippen LogP contribution in [0.5, 0.6) is 0 Å². The SMILES string of the molecule is Cc1cc2cc(C)c3nc4ccc5ocnc5c4c3c2c(C)[nH]1. The second-order valence-corrected chi connectivity index (χ2v) is 6.23. The lowest BCUT2D eigenvalue weighted by Gasteiger charge is -2.09. The van der Waals surface area contributed by atoms with Crippen molar-refractivity contribution in [3.63, 3.8) is 0 Å². The molecule has 1 N–H and O–H groups in total. The first kappa shape index (κ1) is 12.6. The van der Waals surface area contributed by atoms with Crippen LogP contribution in [0.15, 0.2) is 35.1 Å². The maximum atomic E-state index is 5.49. The molecule has 0 aliphatic heterocycles. The number of nitrogens with one attached hydrogen (secondary N) is 1. The molecule has 0 aliphatic carbocycles. The Labute approximate surface area is 132 Å². The summed E-state index contributed by atoms with van der Waals surface area (Å²) in [4.78, 5) is 12.7. The Morgan fingerprint density at radius 3 is 2.70 bits per heavy atom. The molecule has 23 heavy (non-hydrogen) atoms. The normalized spacial score (nSPS) is 12.1. The third kappa shape index (κ3) is 1.55. The number of aromatic nitrogens is 3. The molecule has 0 saturated heterocycles. The lowest BCUT2D eigenvalue weighted by Crippen LogP contribution is -1.90. The van der Waals surface area contributed by atoms with Gasteiger partial charge in [-0.15, -0.1) is 0 Å². The van der Waals surface area contributed by atoms with Crippen LogP contribution in [0.25, 0.3) is 43.7 Å².